The molecule has 9 heteroatoms. The summed E-state index contributed by atoms with van der Waals surface area (Å²) >= 11 is 0. The predicted molar refractivity (Wildman–Crippen MR) is 245 cm³/mol. The average molecular weight is 846 g/mol. The summed E-state index contributed by atoms with van der Waals surface area (Å²) in [6, 6.07) is 0. The molecule has 0 aliphatic carbocycles. The van der Waals surface area contributed by atoms with Gasteiger partial charge >= 0.3 is 5.97 Å². The number of unbranched alkanes of at least 4 members (excludes halogenated alkanes) is 34. The molecule has 0 spiro atoms. The highest BCUT2D eigenvalue weighted by Gasteiger charge is 2.20. The molecule has 0 aliphatic heterocycles. The van der Waals surface area contributed by atoms with E-state index in [1.807, 2.05) is 21.1 Å². The van der Waals surface area contributed by atoms with Crippen molar-refractivity contribution in [3.63, 3.8) is 0 Å². The van der Waals surface area contributed by atoms with Crippen molar-refractivity contribution in [2.75, 3.05) is 54.1 Å². The molecule has 0 heterocycles. The summed E-state index contributed by atoms with van der Waals surface area (Å²) in [5.41, 5.74) is 0. The highest BCUT2D eigenvalue weighted by molar-refractivity contribution is 7.45. The van der Waals surface area contributed by atoms with Crippen LogP contribution in [0, 0.1) is 0 Å². The summed E-state index contributed by atoms with van der Waals surface area (Å²) in [7, 11) is 1.38. The summed E-state index contributed by atoms with van der Waals surface area (Å²) in [6.45, 7) is 5.49. The van der Waals surface area contributed by atoms with Crippen LogP contribution in [-0.2, 0) is 27.9 Å². The van der Waals surface area contributed by atoms with Gasteiger partial charge in [0.1, 0.15) is 19.3 Å². The van der Waals surface area contributed by atoms with E-state index in [1.165, 1.54) is 199 Å². The van der Waals surface area contributed by atoms with E-state index in [1.54, 1.807) is 0 Å². The highest BCUT2D eigenvalue weighted by Crippen LogP contribution is 2.38. The number of likely N-dealkylation sites (N-methyl/N-ethyl adjacent to an activating group) is 1. The lowest BCUT2D eigenvalue weighted by Crippen LogP contribution is -2.37. The normalized spacial score (nSPS) is 13.6. The number of ether oxygens (including phenoxy) is 2. The van der Waals surface area contributed by atoms with Crippen molar-refractivity contribution >= 4 is 13.8 Å². The topological polar surface area (TPSA) is 94.1 Å². The molecular formula is C49H100NO7P. The fourth-order valence-electron chi connectivity index (χ4n) is 7.49. The maximum absolute atomic E-state index is 12.7. The number of nitrogens with zero attached hydrogens (tertiary/aromatic N) is 1. The second-order valence-electron chi connectivity index (χ2n) is 18.5. The quantitative estimate of drug-likeness (QED) is 0.0260. The van der Waals surface area contributed by atoms with Crippen LogP contribution in [0.25, 0.3) is 0 Å². The smallest absolute Gasteiger partial charge is 0.306 e. The molecular weight excluding hydrogens is 746 g/mol. The molecule has 0 radical (unpaired) electrons. The summed E-state index contributed by atoms with van der Waals surface area (Å²) in [5, 5.41) is 0. The first-order valence-electron chi connectivity index (χ1n) is 25.3. The predicted octanol–water partition coefficient (Wildman–Crippen LogP) is 14.6. The van der Waals surface area contributed by atoms with E-state index in [0.29, 0.717) is 24.1 Å². The van der Waals surface area contributed by atoms with Gasteiger partial charge in [-0.3, -0.25) is 9.36 Å². The summed E-state index contributed by atoms with van der Waals surface area (Å²) in [6.07, 6.45) is 46.9. The Kier molecular flexibility index (Phi) is 42.8. The first-order chi connectivity index (χ1) is 28.1. The summed E-state index contributed by atoms with van der Waals surface area (Å²) < 4.78 is 34.7. The van der Waals surface area contributed by atoms with Crippen LogP contribution in [0.4, 0.5) is 0 Å². The number of carbonyl (C=O) groups excluding carboxylic acids is 1. The number of phosphoric acid groups is 1. The molecule has 0 aliphatic rings. The largest absolute Gasteiger partial charge is 0.756 e. The fraction of sp³-hybridized carbons (Fsp3) is 0.980. The number of phosphoric ester groups is 1. The Labute approximate surface area is 361 Å². The van der Waals surface area contributed by atoms with Gasteiger partial charge < -0.3 is 27.9 Å². The van der Waals surface area contributed by atoms with E-state index >= 15 is 0 Å². The van der Waals surface area contributed by atoms with Crippen molar-refractivity contribution in [3.8, 4) is 0 Å². The lowest BCUT2D eigenvalue weighted by atomic mass is 10.0. The van der Waals surface area contributed by atoms with Crippen LogP contribution in [0.2, 0.25) is 0 Å². The van der Waals surface area contributed by atoms with E-state index in [0.717, 1.165) is 32.1 Å². The molecule has 2 unspecified atom stereocenters. The minimum Gasteiger partial charge on any atom is -0.756 e. The third-order valence-electron chi connectivity index (χ3n) is 11.4. The lowest BCUT2D eigenvalue weighted by Gasteiger charge is -2.28. The standard InChI is InChI=1S/C49H100NO7P/c1-6-8-10-12-14-16-18-20-22-24-25-26-27-29-31-33-35-37-39-41-44-54-46-48(47-56-58(52,53)55-45-43-50(3,4)5)57-49(51)42-40-38-36-34-32-30-28-23-21-19-17-15-13-11-9-7-2/h48H,6-47H2,1-5H3. The molecule has 8 nitrogen and oxygen atoms in total. The molecule has 348 valence electrons. The molecule has 0 saturated heterocycles. The Balaban J connectivity index is 4.09. The molecule has 0 aromatic carbocycles. The zero-order valence-corrected chi connectivity index (χ0v) is 40.4. The van der Waals surface area contributed by atoms with Crippen LogP contribution in [-0.4, -0.2) is 70.7 Å². The SMILES string of the molecule is CCCCCCCCCCCCCCCCCCCCCCOCC(COP(=O)([O-])OCC[N+](C)(C)C)OC(=O)CCCCCCCCCCCCCCCCCC. The third kappa shape index (κ3) is 46.6. The molecule has 0 saturated carbocycles. The number of carbonyl (C=O) groups is 1. The maximum Gasteiger partial charge on any atom is 0.306 e. The fourth-order valence-corrected chi connectivity index (χ4v) is 8.22. The van der Waals surface area contributed by atoms with Gasteiger partial charge in [-0.15, -0.1) is 0 Å². The van der Waals surface area contributed by atoms with Crippen LogP contribution < -0.4 is 4.89 Å². The van der Waals surface area contributed by atoms with Crippen LogP contribution in [0.5, 0.6) is 0 Å². The molecule has 0 aromatic rings. The van der Waals surface area contributed by atoms with E-state index < -0.39 is 13.9 Å². The van der Waals surface area contributed by atoms with E-state index in [2.05, 4.69) is 13.8 Å². The van der Waals surface area contributed by atoms with Crippen molar-refractivity contribution in [2.24, 2.45) is 0 Å². The number of quaternary nitrogens is 1. The van der Waals surface area contributed by atoms with Crippen LogP contribution in [0.3, 0.4) is 0 Å². The van der Waals surface area contributed by atoms with Gasteiger partial charge in [-0.1, -0.05) is 232 Å². The second-order valence-corrected chi connectivity index (χ2v) is 20.0. The van der Waals surface area contributed by atoms with Crippen molar-refractivity contribution in [1.82, 2.24) is 0 Å². The Morgan fingerprint density at radius 2 is 0.793 bits per heavy atom. The lowest BCUT2D eigenvalue weighted by molar-refractivity contribution is -0.870. The van der Waals surface area contributed by atoms with Crippen molar-refractivity contribution < 1.29 is 37.3 Å². The minimum absolute atomic E-state index is 0.0317. The van der Waals surface area contributed by atoms with E-state index in [4.69, 9.17) is 18.5 Å². The van der Waals surface area contributed by atoms with E-state index in [9.17, 15) is 14.3 Å². The summed E-state index contributed by atoms with van der Waals surface area (Å²) in [5.74, 6) is -0.326. The number of rotatable bonds is 48. The minimum atomic E-state index is -4.52. The van der Waals surface area contributed by atoms with Gasteiger partial charge in [0.2, 0.25) is 0 Å². The Bertz CT molecular complexity index is 899. The molecule has 0 bridgehead atoms. The molecule has 0 amide bonds. The summed E-state index contributed by atoms with van der Waals surface area (Å²) in [4.78, 5) is 25.1. The molecule has 0 rings (SSSR count). The monoisotopic (exact) mass is 846 g/mol. The third-order valence-corrected chi connectivity index (χ3v) is 12.4. The first kappa shape index (κ1) is 57.5. The van der Waals surface area contributed by atoms with Gasteiger partial charge in [0.15, 0.2) is 0 Å². The number of hydrogen-bond acceptors (Lipinski definition) is 7. The molecule has 0 aromatic heterocycles. The highest BCUT2D eigenvalue weighted by atomic mass is 31.2. The van der Waals surface area contributed by atoms with Gasteiger partial charge in [0.25, 0.3) is 7.82 Å². The van der Waals surface area contributed by atoms with Crippen LogP contribution in [0.1, 0.15) is 251 Å². The Hall–Kier alpha value is -0.500. The van der Waals surface area contributed by atoms with Gasteiger partial charge in [0.05, 0.1) is 34.4 Å². The van der Waals surface area contributed by atoms with Crippen molar-refractivity contribution in [3.05, 3.63) is 0 Å². The van der Waals surface area contributed by atoms with Crippen LogP contribution in [0.15, 0.2) is 0 Å². The zero-order valence-electron chi connectivity index (χ0n) is 39.5. The molecule has 2 atom stereocenters. The van der Waals surface area contributed by atoms with Gasteiger partial charge in [-0.25, -0.2) is 0 Å². The molecule has 0 N–H and O–H groups in total. The van der Waals surface area contributed by atoms with Gasteiger partial charge in [0, 0.05) is 13.0 Å². The van der Waals surface area contributed by atoms with Crippen LogP contribution >= 0.6 is 7.82 Å². The maximum atomic E-state index is 12.7. The van der Waals surface area contributed by atoms with Crippen molar-refractivity contribution in [2.45, 2.75) is 258 Å². The molecule has 0 fully saturated rings. The number of esters is 1. The van der Waals surface area contributed by atoms with Gasteiger partial charge in [-0.2, -0.15) is 0 Å². The van der Waals surface area contributed by atoms with Gasteiger partial charge in [-0.05, 0) is 12.8 Å². The zero-order chi connectivity index (χ0) is 42.7. The average Bonchev–Trinajstić information content (AvgIpc) is 3.18. The second kappa shape index (κ2) is 43.2. The van der Waals surface area contributed by atoms with E-state index in [-0.39, 0.29) is 25.8 Å². The van der Waals surface area contributed by atoms with Crippen molar-refractivity contribution in [1.29, 1.82) is 0 Å². The Morgan fingerprint density at radius 3 is 1.14 bits per heavy atom. The number of hydrogen-bond donors (Lipinski definition) is 0. The Morgan fingerprint density at radius 1 is 0.466 bits per heavy atom. The first-order valence-corrected chi connectivity index (χ1v) is 26.7. The molecule has 58 heavy (non-hydrogen) atoms.